The van der Waals surface area contributed by atoms with Crippen LogP contribution in [0.5, 0.6) is 0 Å². The van der Waals surface area contributed by atoms with Crippen molar-refractivity contribution in [3.05, 3.63) is 59.4 Å². The number of aromatic amines is 1. The van der Waals surface area contributed by atoms with Crippen LogP contribution in [0.25, 0.3) is 5.69 Å². The van der Waals surface area contributed by atoms with Gasteiger partial charge in [-0.05, 0) is 41.1 Å². The molecule has 1 N–H and O–H groups in total. The largest absolute Gasteiger partial charge is 0.334 e. The standard InChI is InChI=1S/C13H12ClIN2O2/c1-2-5-8-11(14)16-13(19)17(12(8)18)10-7-4-3-6-9(10)15/h3-4,6-7H,2,5H2,1H3,(H,16,19). The lowest BCUT2D eigenvalue weighted by Gasteiger charge is -2.09. The Kier molecular flexibility index (Phi) is 4.46. The zero-order chi connectivity index (χ0) is 14.0. The summed E-state index contributed by atoms with van der Waals surface area (Å²) in [6, 6.07) is 7.22. The lowest BCUT2D eigenvalue weighted by Crippen LogP contribution is -2.36. The van der Waals surface area contributed by atoms with Crippen LogP contribution in [0.2, 0.25) is 5.15 Å². The van der Waals surface area contributed by atoms with Crippen LogP contribution in [-0.4, -0.2) is 9.55 Å². The molecule has 19 heavy (non-hydrogen) atoms. The third-order valence-electron chi connectivity index (χ3n) is 2.74. The molecule has 100 valence electrons. The maximum atomic E-state index is 12.4. The summed E-state index contributed by atoms with van der Waals surface area (Å²) in [5.74, 6) is 0. The lowest BCUT2D eigenvalue weighted by atomic mass is 10.2. The van der Waals surface area contributed by atoms with Crippen LogP contribution in [0.3, 0.4) is 0 Å². The fraction of sp³-hybridized carbons (Fsp3) is 0.231. The van der Waals surface area contributed by atoms with Gasteiger partial charge in [0.1, 0.15) is 5.15 Å². The molecule has 0 fully saturated rings. The number of halogens is 2. The number of aromatic nitrogens is 2. The number of para-hydroxylation sites is 1. The van der Waals surface area contributed by atoms with Crippen molar-refractivity contribution in [1.29, 1.82) is 0 Å². The molecule has 6 heteroatoms. The summed E-state index contributed by atoms with van der Waals surface area (Å²) in [5, 5.41) is 0.138. The van der Waals surface area contributed by atoms with E-state index in [0.29, 0.717) is 17.7 Å². The molecule has 1 heterocycles. The minimum Gasteiger partial charge on any atom is -0.297 e. The van der Waals surface area contributed by atoms with Gasteiger partial charge in [0.2, 0.25) is 0 Å². The highest BCUT2D eigenvalue weighted by atomic mass is 127. The molecular formula is C13H12ClIN2O2. The van der Waals surface area contributed by atoms with E-state index in [0.717, 1.165) is 14.6 Å². The van der Waals surface area contributed by atoms with Crippen LogP contribution in [0, 0.1) is 3.57 Å². The molecule has 0 spiro atoms. The second-order valence-electron chi connectivity index (χ2n) is 4.06. The average molecular weight is 391 g/mol. The summed E-state index contributed by atoms with van der Waals surface area (Å²) < 4.78 is 1.97. The topological polar surface area (TPSA) is 54.9 Å². The van der Waals surface area contributed by atoms with Crippen molar-refractivity contribution in [3.8, 4) is 5.69 Å². The first-order valence-electron chi connectivity index (χ1n) is 5.85. The molecule has 0 bridgehead atoms. The fourth-order valence-corrected chi connectivity index (χ4v) is 2.75. The molecule has 2 rings (SSSR count). The van der Waals surface area contributed by atoms with Gasteiger partial charge in [-0.25, -0.2) is 9.36 Å². The summed E-state index contributed by atoms with van der Waals surface area (Å²) in [6.45, 7) is 1.96. The third-order valence-corrected chi connectivity index (χ3v) is 3.97. The maximum Gasteiger partial charge on any atom is 0.334 e. The van der Waals surface area contributed by atoms with Gasteiger partial charge in [0.05, 0.1) is 11.3 Å². The summed E-state index contributed by atoms with van der Waals surface area (Å²) in [7, 11) is 0. The maximum absolute atomic E-state index is 12.4. The van der Waals surface area contributed by atoms with Gasteiger partial charge >= 0.3 is 5.69 Å². The Labute approximate surface area is 128 Å². The third kappa shape index (κ3) is 2.76. The van der Waals surface area contributed by atoms with E-state index in [2.05, 4.69) is 27.6 Å². The number of H-pyrrole nitrogens is 1. The van der Waals surface area contributed by atoms with E-state index in [9.17, 15) is 9.59 Å². The number of nitrogens with zero attached hydrogens (tertiary/aromatic N) is 1. The van der Waals surface area contributed by atoms with Crippen LogP contribution in [0.1, 0.15) is 18.9 Å². The number of rotatable bonds is 3. The van der Waals surface area contributed by atoms with E-state index in [1.54, 1.807) is 12.1 Å². The molecule has 0 amide bonds. The van der Waals surface area contributed by atoms with Crippen LogP contribution in [-0.2, 0) is 6.42 Å². The SMILES string of the molecule is CCCc1c(Cl)[nH]c(=O)n(-c2ccccc2I)c1=O. The van der Waals surface area contributed by atoms with E-state index < -0.39 is 5.69 Å². The molecule has 0 saturated carbocycles. The van der Waals surface area contributed by atoms with Crippen LogP contribution in [0.4, 0.5) is 0 Å². The molecule has 4 nitrogen and oxygen atoms in total. The molecule has 0 aliphatic rings. The molecule has 0 aliphatic carbocycles. The molecule has 0 aliphatic heterocycles. The highest BCUT2D eigenvalue weighted by Gasteiger charge is 2.14. The van der Waals surface area contributed by atoms with E-state index in [1.807, 2.05) is 19.1 Å². The first-order valence-corrected chi connectivity index (χ1v) is 7.30. The summed E-state index contributed by atoms with van der Waals surface area (Å²) >= 11 is 8.04. The van der Waals surface area contributed by atoms with E-state index in [4.69, 9.17) is 11.6 Å². The quantitative estimate of drug-likeness (QED) is 0.647. The van der Waals surface area contributed by atoms with Crippen molar-refractivity contribution in [2.45, 2.75) is 19.8 Å². The average Bonchev–Trinajstić information content (AvgIpc) is 2.36. The normalized spacial score (nSPS) is 10.7. The van der Waals surface area contributed by atoms with Crippen LogP contribution in [0.15, 0.2) is 33.9 Å². The first-order chi connectivity index (χ1) is 9.06. The Bertz CT molecular complexity index is 721. The molecule has 0 saturated heterocycles. The van der Waals surface area contributed by atoms with Gasteiger partial charge in [-0.2, -0.15) is 0 Å². The van der Waals surface area contributed by atoms with Gasteiger partial charge in [0.25, 0.3) is 5.56 Å². The van der Waals surface area contributed by atoms with Crippen molar-refractivity contribution >= 4 is 34.2 Å². The molecule has 0 radical (unpaired) electrons. The van der Waals surface area contributed by atoms with Crippen LogP contribution >= 0.6 is 34.2 Å². The van der Waals surface area contributed by atoms with Crippen molar-refractivity contribution in [1.82, 2.24) is 9.55 Å². The van der Waals surface area contributed by atoms with Crippen molar-refractivity contribution in [2.24, 2.45) is 0 Å². The zero-order valence-corrected chi connectivity index (χ0v) is 13.2. The Morgan fingerprint density at radius 2 is 2.00 bits per heavy atom. The molecule has 2 aromatic rings. The zero-order valence-electron chi connectivity index (χ0n) is 10.2. The molecule has 1 aromatic carbocycles. The molecular weight excluding hydrogens is 379 g/mol. The predicted octanol–water partition coefficient (Wildman–Crippen LogP) is 2.74. The number of benzene rings is 1. The Morgan fingerprint density at radius 1 is 1.32 bits per heavy atom. The smallest absolute Gasteiger partial charge is 0.297 e. The monoisotopic (exact) mass is 390 g/mol. The van der Waals surface area contributed by atoms with E-state index in [1.165, 1.54) is 0 Å². The van der Waals surface area contributed by atoms with Crippen molar-refractivity contribution < 1.29 is 0 Å². The van der Waals surface area contributed by atoms with Gasteiger partial charge in [-0.1, -0.05) is 37.1 Å². The minimum absolute atomic E-state index is 0.138. The Morgan fingerprint density at radius 3 is 2.63 bits per heavy atom. The lowest BCUT2D eigenvalue weighted by molar-refractivity contribution is 0.809. The molecule has 1 aromatic heterocycles. The second-order valence-corrected chi connectivity index (χ2v) is 5.60. The predicted molar refractivity (Wildman–Crippen MR) is 84.4 cm³/mol. The Balaban J connectivity index is 2.78. The van der Waals surface area contributed by atoms with E-state index in [-0.39, 0.29) is 10.7 Å². The second kappa shape index (κ2) is 5.92. The van der Waals surface area contributed by atoms with Crippen LogP contribution < -0.4 is 11.2 Å². The first kappa shape index (κ1) is 14.3. The van der Waals surface area contributed by atoms with E-state index >= 15 is 0 Å². The minimum atomic E-state index is -0.515. The fourth-order valence-electron chi connectivity index (χ4n) is 1.86. The highest BCUT2D eigenvalue weighted by Crippen LogP contribution is 2.15. The number of hydrogen-bond donors (Lipinski definition) is 1. The van der Waals surface area contributed by atoms with Gasteiger partial charge in [-0.15, -0.1) is 0 Å². The molecule has 0 atom stereocenters. The van der Waals surface area contributed by atoms with Gasteiger partial charge in [0.15, 0.2) is 0 Å². The number of hydrogen-bond acceptors (Lipinski definition) is 2. The van der Waals surface area contributed by atoms with Gasteiger partial charge < -0.3 is 0 Å². The highest BCUT2D eigenvalue weighted by molar-refractivity contribution is 14.1. The summed E-state index contributed by atoms with van der Waals surface area (Å²) in [5.41, 5.74) is 0.158. The van der Waals surface area contributed by atoms with Crippen molar-refractivity contribution in [3.63, 3.8) is 0 Å². The van der Waals surface area contributed by atoms with Gasteiger partial charge in [-0.3, -0.25) is 9.78 Å². The van der Waals surface area contributed by atoms with Gasteiger partial charge in [0, 0.05) is 3.57 Å². The number of nitrogens with one attached hydrogen (secondary N) is 1. The summed E-state index contributed by atoms with van der Waals surface area (Å²) in [6.07, 6.45) is 1.32. The summed E-state index contributed by atoms with van der Waals surface area (Å²) in [4.78, 5) is 26.9. The van der Waals surface area contributed by atoms with Crippen molar-refractivity contribution in [2.75, 3.05) is 0 Å². The molecule has 0 unspecified atom stereocenters. The Hall–Kier alpha value is -1.08.